The number of carboxylic acid groups (broad SMARTS) is 1. The highest BCUT2D eigenvalue weighted by Crippen LogP contribution is 2.14. The van der Waals surface area contributed by atoms with E-state index < -0.39 is 6.09 Å². The van der Waals surface area contributed by atoms with Crippen molar-refractivity contribution in [3.8, 4) is 0 Å². The molecule has 1 heterocycles. The highest BCUT2D eigenvalue weighted by Gasteiger charge is 2.25. The molecule has 0 aliphatic carbocycles. The highest BCUT2D eigenvalue weighted by molar-refractivity contribution is 5.64. The van der Waals surface area contributed by atoms with E-state index >= 15 is 0 Å². The first kappa shape index (κ1) is 7.34. The molecule has 4 nitrogen and oxygen atoms in total. The maximum Gasteiger partial charge on any atom is 0.404 e. The van der Waals surface area contributed by atoms with Crippen LogP contribution in [-0.4, -0.2) is 30.0 Å². The average molecular weight is 145 g/mol. The van der Waals surface area contributed by atoms with Gasteiger partial charge in [0.05, 0.1) is 12.1 Å². The summed E-state index contributed by atoms with van der Waals surface area (Å²) in [6, 6.07) is -0.0775. The van der Waals surface area contributed by atoms with E-state index in [9.17, 15) is 4.79 Å². The molecule has 2 N–H and O–H groups in total. The van der Waals surface area contributed by atoms with E-state index in [0.29, 0.717) is 0 Å². The van der Waals surface area contributed by atoms with Crippen molar-refractivity contribution in [3.63, 3.8) is 0 Å². The van der Waals surface area contributed by atoms with Gasteiger partial charge in [0, 0.05) is 6.61 Å². The zero-order valence-corrected chi connectivity index (χ0v) is 5.83. The lowest BCUT2D eigenvalue weighted by molar-refractivity contribution is -0.0665. The summed E-state index contributed by atoms with van der Waals surface area (Å²) in [5.74, 6) is 0. The van der Waals surface area contributed by atoms with E-state index in [1.165, 1.54) is 0 Å². The zero-order valence-electron chi connectivity index (χ0n) is 5.83. The van der Waals surface area contributed by atoms with E-state index in [0.717, 1.165) is 13.0 Å². The molecule has 1 fully saturated rings. The first-order valence-corrected chi connectivity index (χ1v) is 3.31. The Bertz CT molecular complexity index is 133. The molecule has 0 radical (unpaired) electrons. The second kappa shape index (κ2) is 2.88. The lowest BCUT2D eigenvalue weighted by Crippen LogP contribution is -2.46. The fourth-order valence-electron chi connectivity index (χ4n) is 0.936. The van der Waals surface area contributed by atoms with Crippen LogP contribution in [0.2, 0.25) is 0 Å². The molecule has 1 aliphatic heterocycles. The zero-order chi connectivity index (χ0) is 7.56. The lowest BCUT2D eigenvalue weighted by atomic mass is 10.1. The lowest BCUT2D eigenvalue weighted by Gasteiger charge is -2.31. The topological polar surface area (TPSA) is 58.6 Å². The van der Waals surface area contributed by atoms with Crippen molar-refractivity contribution < 1.29 is 14.6 Å². The van der Waals surface area contributed by atoms with Crippen LogP contribution in [0.3, 0.4) is 0 Å². The number of rotatable bonds is 2. The van der Waals surface area contributed by atoms with Crippen LogP contribution in [0.1, 0.15) is 13.3 Å². The monoisotopic (exact) mass is 145 g/mol. The van der Waals surface area contributed by atoms with Crippen molar-refractivity contribution in [1.82, 2.24) is 5.32 Å². The summed E-state index contributed by atoms with van der Waals surface area (Å²) in [5.41, 5.74) is 0. The molecule has 0 aromatic heterocycles. The third-order valence-electron chi connectivity index (χ3n) is 1.64. The van der Waals surface area contributed by atoms with Gasteiger partial charge in [0.25, 0.3) is 0 Å². The molecule has 0 unspecified atom stereocenters. The van der Waals surface area contributed by atoms with Crippen molar-refractivity contribution in [2.45, 2.75) is 25.5 Å². The van der Waals surface area contributed by atoms with Crippen molar-refractivity contribution in [3.05, 3.63) is 0 Å². The molecule has 4 heteroatoms. The van der Waals surface area contributed by atoms with Gasteiger partial charge in [-0.05, 0) is 13.3 Å². The van der Waals surface area contributed by atoms with Crippen LogP contribution in [0.15, 0.2) is 0 Å². The smallest absolute Gasteiger partial charge is 0.404 e. The number of hydrogen-bond donors (Lipinski definition) is 2. The van der Waals surface area contributed by atoms with Gasteiger partial charge in [0.2, 0.25) is 0 Å². The number of carbonyl (C=O) groups is 1. The SMILES string of the molecule is C[C@H](NC(=O)O)[C@@H]1CCO1. The summed E-state index contributed by atoms with van der Waals surface area (Å²) in [6.07, 6.45) is 0.0700. The molecule has 1 rings (SSSR count). The Balaban J connectivity index is 2.19. The molecular formula is C6H11NO3. The van der Waals surface area contributed by atoms with E-state index in [-0.39, 0.29) is 12.1 Å². The summed E-state index contributed by atoms with van der Waals surface area (Å²) in [5, 5.41) is 10.6. The van der Waals surface area contributed by atoms with Gasteiger partial charge in [-0.1, -0.05) is 0 Å². The van der Waals surface area contributed by atoms with Crippen LogP contribution >= 0.6 is 0 Å². The molecule has 10 heavy (non-hydrogen) atoms. The summed E-state index contributed by atoms with van der Waals surface area (Å²) in [7, 11) is 0. The van der Waals surface area contributed by atoms with Gasteiger partial charge in [-0.3, -0.25) is 0 Å². The molecule has 0 bridgehead atoms. The number of amides is 1. The summed E-state index contributed by atoms with van der Waals surface area (Å²) in [6.45, 7) is 2.56. The molecule has 1 amide bonds. The van der Waals surface area contributed by atoms with Gasteiger partial charge < -0.3 is 15.2 Å². The highest BCUT2D eigenvalue weighted by atomic mass is 16.5. The first-order chi connectivity index (χ1) is 4.70. The Hall–Kier alpha value is -0.770. The Kier molecular flexibility index (Phi) is 2.11. The molecule has 1 aliphatic rings. The summed E-state index contributed by atoms with van der Waals surface area (Å²) < 4.78 is 5.07. The largest absolute Gasteiger partial charge is 0.465 e. The summed E-state index contributed by atoms with van der Waals surface area (Å²) >= 11 is 0. The maximum atomic E-state index is 10.1. The van der Waals surface area contributed by atoms with Crippen LogP contribution in [0.25, 0.3) is 0 Å². The Morgan fingerprint density at radius 1 is 1.90 bits per heavy atom. The average Bonchev–Trinajstić information content (AvgIpc) is 1.55. The summed E-state index contributed by atoms with van der Waals surface area (Å²) in [4.78, 5) is 10.1. The van der Waals surface area contributed by atoms with Crippen molar-refractivity contribution in [1.29, 1.82) is 0 Å². The fourth-order valence-corrected chi connectivity index (χ4v) is 0.936. The molecular weight excluding hydrogens is 134 g/mol. The molecule has 0 saturated carbocycles. The van der Waals surface area contributed by atoms with Crippen LogP contribution in [0, 0.1) is 0 Å². The first-order valence-electron chi connectivity index (χ1n) is 3.31. The minimum absolute atomic E-state index is 0.0775. The fraction of sp³-hybridized carbons (Fsp3) is 0.833. The molecule has 58 valence electrons. The Morgan fingerprint density at radius 2 is 2.50 bits per heavy atom. The second-order valence-corrected chi connectivity index (χ2v) is 2.44. The Morgan fingerprint density at radius 3 is 2.80 bits per heavy atom. The van der Waals surface area contributed by atoms with Gasteiger partial charge in [0.15, 0.2) is 0 Å². The quantitative estimate of drug-likeness (QED) is 0.592. The minimum atomic E-state index is -0.983. The van der Waals surface area contributed by atoms with E-state index in [1.807, 2.05) is 0 Å². The predicted molar refractivity (Wildman–Crippen MR) is 35.0 cm³/mol. The predicted octanol–water partition coefficient (Wildman–Crippen LogP) is 0.431. The van der Waals surface area contributed by atoms with Gasteiger partial charge in [0.1, 0.15) is 0 Å². The number of nitrogens with one attached hydrogen (secondary N) is 1. The second-order valence-electron chi connectivity index (χ2n) is 2.44. The number of hydrogen-bond acceptors (Lipinski definition) is 2. The van der Waals surface area contributed by atoms with Crippen molar-refractivity contribution in [2.75, 3.05) is 6.61 Å². The minimum Gasteiger partial charge on any atom is -0.465 e. The maximum absolute atomic E-state index is 10.1. The molecule has 0 aromatic carbocycles. The van der Waals surface area contributed by atoms with Crippen molar-refractivity contribution in [2.24, 2.45) is 0 Å². The number of ether oxygens (including phenoxy) is 1. The standard InChI is InChI=1S/C6H11NO3/c1-4(7-6(8)9)5-2-3-10-5/h4-5,7H,2-3H2,1H3,(H,8,9)/t4-,5-/m0/s1. The molecule has 2 atom stereocenters. The van der Waals surface area contributed by atoms with Gasteiger partial charge in [-0.25, -0.2) is 4.79 Å². The third-order valence-corrected chi connectivity index (χ3v) is 1.64. The van der Waals surface area contributed by atoms with Crippen LogP contribution < -0.4 is 5.32 Å². The molecule has 0 aromatic rings. The molecule has 0 spiro atoms. The van der Waals surface area contributed by atoms with E-state index in [1.54, 1.807) is 6.92 Å². The van der Waals surface area contributed by atoms with Crippen LogP contribution in [0.5, 0.6) is 0 Å². The van der Waals surface area contributed by atoms with Gasteiger partial charge in [-0.2, -0.15) is 0 Å². The van der Waals surface area contributed by atoms with Crippen molar-refractivity contribution >= 4 is 6.09 Å². The van der Waals surface area contributed by atoms with Crippen LogP contribution in [-0.2, 0) is 4.74 Å². The van der Waals surface area contributed by atoms with Gasteiger partial charge in [-0.15, -0.1) is 0 Å². The van der Waals surface area contributed by atoms with Gasteiger partial charge >= 0.3 is 6.09 Å². The van der Waals surface area contributed by atoms with Crippen LogP contribution in [0.4, 0.5) is 4.79 Å². The molecule has 1 saturated heterocycles. The Labute approximate surface area is 59.2 Å². The van der Waals surface area contributed by atoms with E-state index in [4.69, 9.17) is 9.84 Å². The van der Waals surface area contributed by atoms with E-state index in [2.05, 4.69) is 5.32 Å². The normalized spacial score (nSPS) is 26.7. The third kappa shape index (κ3) is 1.60.